The van der Waals surface area contributed by atoms with Gasteiger partial charge < -0.3 is 34.5 Å². The van der Waals surface area contributed by atoms with Crippen molar-refractivity contribution in [2.75, 3.05) is 24.9 Å². The minimum Gasteiger partial charge on any atom is -0.387 e. The summed E-state index contributed by atoms with van der Waals surface area (Å²) < 4.78 is 64.4. The molecule has 0 aromatic carbocycles. The first-order chi connectivity index (χ1) is 16.4. The van der Waals surface area contributed by atoms with E-state index in [4.69, 9.17) is 21.1 Å². The number of fused-ring (bicyclic) bond motifs is 1. The van der Waals surface area contributed by atoms with E-state index in [1.807, 2.05) is 0 Å². The Kier molecular flexibility index (Phi) is 7.94. The fourth-order valence-electron chi connectivity index (χ4n) is 4.18. The van der Waals surface area contributed by atoms with E-state index >= 15 is 0 Å². The van der Waals surface area contributed by atoms with Gasteiger partial charge in [-0.25, -0.2) is 4.98 Å². The summed E-state index contributed by atoms with van der Waals surface area (Å²) in [6, 6.07) is 1.97. The molecule has 1 unspecified atom stereocenters. The van der Waals surface area contributed by atoms with Gasteiger partial charge in [0, 0.05) is 12.2 Å². The molecule has 0 amide bonds. The van der Waals surface area contributed by atoms with E-state index < -0.39 is 57.9 Å². The predicted molar refractivity (Wildman–Crippen MR) is 117 cm³/mol. The van der Waals surface area contributed by atoms with Crippen molar-refractivity contribution in [3.05, 3.63) is 17.5 Å². The van der Waals surface area contributed by atoms with Crippen molar-refractivity contribution in [1.82, 2.24) is 14.5 Å². The zero-order valence-electron chi connectivity index (χ0n) is 18.3. The van der Waals surface area contributed by atoms with E-state index in [0.29, 0.717) is 16.9 Å². The van der Waals surface area contributed by atoms with Crippen LogP contribution in [0.5, 0.6) is 0 Å². The molecule has 1 aliphatic heterocycles. The van der Waals surface area contributed by atoms with Gasteiger partial charge in [0.05, 0.1) is 12.0 Å². The molecule has 0 bridgehead atoms. The SMILES string of the molecule is O=P(O)(COC[C@H]1O[C@@H](n2ccc3c(NC4CCCC4)nc(Cl)nc32)[C@H](O)[C@@H]1O)OCC(F)(F)F. The van der Waals surface area contributed by atoms with Crippen LogP contribution in [-0.4, -0.2) is 79.7 Å². The van der Waals surface area contributed by atoms with Crippen LogP contribution in [0.2, 0.25) is 5.28 Å². The molecule has 2 fully saturated rings. The van der Waals surface area contributed by atoms with Crippen LogP contribution in [0, 0.1) is 0 Å². The molecule has 16 heteroatoms. The first-order valence-electron chi connectivity index (χ1n) is 10.9. The Hall–Kier alpha value is -1.51. The maximum absolute atomic E-state index is 12.2. The number of nitrogens with zero attached hydrogens (tertiary/aromatic N) is 3. The lowest BCUT2D eigenvalue weighted by atomic mass is 10.1. The minimum atomic E-state index is -4.78. The first-order valence-corrected chi connectivity index (χ1v) is 13.0. The molecule has 1 saturated carbocycles. The Bertz CT molecular complexity index is 1080. The molecule has 35 heavy (non-hydrogen) atoms. The lowest BCUT2D eigenvalue weighted by Gasteiger charge is -2.18. The van der Waals surface area contributed by atoms with Crippen LogP contribution < -0.4 is 5.32 Å². The quantitative estimate of drug-likeness (QED) is 0.274. The van der Waals surface area contributed by atoms with Crippen molar-refractivity contribution >= 4 is 36.0 Å². The van der Waals surface area contributed by atoms with Crippen molar-refractivity contribution in [2.45, 2.75) is 62.4 Å². The summed E-state index contributed by atoms with van der Waals surface area (Å²) in [5, 5.41) is 24.9. The smallest absolute Gasteiger partial charge is 0.387 e. The van der Waals surface area contributed by atoms with Gasteiger partial charge in [0.1, 0.15) is 36.1 Å². The molecule has 1 saturated heterocycles. The van der Waals surface area contributed by atoms with Gasteiger partial charge in [0.2, 0.25) is 5.28 Å². The highest BCUT2D eigenvalue weighted by atomic mass is 35.5. The first kappa shape index (κ1) is 26.6. The fourth-order valence-corrected chi connectivity index (χ4v) is 5.10. The number of aromatic nitrogens is 3. The van der Waals surface area contributed by atoms with E-state index in [9.17, 15) is 32.8 Å². The molecule has 2 aromatic rings. The summed E-state index contributed by atoms with van der Waals surface area (Å²) in [4.78, 5) is 18.0. The monoisotopic (exact) mass is 544 g/mol. The van der Waals surface area contributed by atoms with E-state index in [1.54, 1.807) is 12.3 Å². The number of rotatable bonds is 9. The van der Waals surface area contributed by atoms with Crippen LogP contribution in [-0.2, 0) is 18.6 Å². The molecule has 2 aromatic heterocycles. The maximum Gasteiger partial charge on any atom is 0.412 e. The van der Waals surface area contributed by atoms with Crippen LogP contribution >= 0.6 is 19.2 Å². The number of ether oxygens (including phenoxy) is 2. The van der Waals surface area contributed by atoms with E-state index in [1.165, 1.54) is 4.57 Å². The third-order valence-electron chi connectivity index (χ3n) is 5.82. The lowest BCUT2D eigenvalue weighted by Crippen LogP contribution is -2.34. The number of alkyl halides is 3. The zero-order valence-corrected chi connectivity index (χ0v) is 19.9. The van der Waals surface area contributed by atoms with E-state index in [-0.39, 0.29) is 11.3 Å². The van der Waals surface area contributed by atoms with Crippen molar-refractivity contribution in [2.24, 2.45) is 0 Å². The molecule has 0 radical (unpaired) electrons. The largest absolute Gasteiger partial charge is 0.412 e. The standard InChI is InChI=1S/C19H25ClF3N4O7P/c20-18-25-15(24-10-3-1-2-4-10)11-5-6-27(16(11)26-18)17-14(29)13(28)12(34-17)7-32-9-35(30,31)33-8-19(21,22)23/h5-6,10,12-14,17,28-29H,1-4,7-9H2,(H,30,31)(H,24,25,26)/t12-,13-,14-,17-/m1/s1. The van der Waals surface area contributed by atoms with Crippen LogP contribution in [0.1, 0.15) is 31.9 Å². The summed E-state index contributed by atoms with van der Waals surface area (Å²) in [5.41, 5.74) is 0.351. The number of nitrogens with one attached hydrogen (secondary N) is 1. The van der Waals surface area contributed by atoms with Gasteiger partial charge >= 0.3 is 13.8 Å². The Morgan fingerprint density at radius 1 is 1.26 bits per heavy atom. The Morgan fingerprint density at radius 2 is 1.97 bits per heavy atom. The van der Waals surface area contributed by atoms with Crippen LogP contribution in [0.25, 0.3) is 11.0 Å². The van der Waals surface area contributed by atoms with Crippen LogP contribution in [0.3, 0.4) is 0 Å². The topological polar surface area (TPSA) is 148 Å². The number of hydrogen-bond donors (Lipinski definition) is 4. The lowest BCUT2D eigenvalue weighted by molar-refractivity contribution is -0.155. The second-order valence-corrected chi connectivity index (χ2v) is 10.6. The Labute approximate surface area is 202 Å². The average Bonchev–Trinajstić information content (AvgIpc) is 3.48. The van der Waals surface area contributed by atoms with Crippen LogP contribution in [0.4, 0.5) is 19.0 Å². The normalized spacial score (nSPS) is 27.5. The van der Waals surface area contributed by atoms with Gasteiger partial charge in [-0.1, -0.05) is 12.8 Å². The van der Waals surface area contributed by atoms with Gasteiger partial charge in [-0.3, -0.25) is 9.09 Å². The highest BCUT2D eigenvalue weighted by Crippen LogP contribution is 2.43. The summed E-state index contributed by atoms with van der Waals surface area (Å²) in [6.45, 7) is -2.39. The van der Waals surface area contributed by atoms with E-state index in [2.05, 4.69) is 19.8 Å². The molecular weight excluding hydrogens is 520 g/mol. The average molecular weight is 545 g/mol. The summed E-state index contributed by atoms with van der Waals surface area (Å²) >= 11 is 6.12. The molecule has 11 nitrogen and oxygen atoms in total. The summed E-state index contributed by atoms with van der Waals surface area (Å²) in [7, 11) is -4.69. The number of aliphatic hydroxyl groups excluding tert-OH is 2. The van der Waals surface area contributed by atoms with E-state index in [0.717, 1.165) is 25.7 Å². The Balaban J connectivity index is 1.43. The van der Waals surface area contributed by atoms with Crippen molar-refractivity contribution in [3.63, 3.8) is 0 Å². The molecule has 196 valence electrons. The predicted octanol–water partition coefficient (Wildman–Crippen LogP) is 2.80. The van der Waals surface area contributed by atoms with Gasteiger partial charge in [-0.2, -0.15) is 18.2 Å². The molecule has 0 spiro atoms. The maximum atomic E-state index is 12.2. The molecule has 5 atom stereocenters. The minimum absolute atomic E-state index is 0.0246. The third-order valence-corrected chi connectivity index (χ3v) is 7.03. The molecule has 4 rings (SSSR count). The van der Waals surface area contributed by atoms with Crippen LogP contribution in [0.15, 0.2) is 12.3 Å². The van der Waals surface area contributed by atoms with Gasteiger partial charge in [0.15, 0.2) is 12.8 Å². The fraction of sp³-hybridized carbons (Fsp3) is 0.684. The summed E-state index contributed by atoms with van der Waals surface area (Å²) in [5.74, 6) is 0.538. The highest BCUT2D eigenvalue weighted by molar-refractivity contribution is 7.52. The second-order valence-electron chi connectivity index (χ2n) is 8.50. The van der Waals surface area contributed by atoms with Gasteiger partial charge in [0.25, 0.3) is 0 Å². The third kappa shape index (κ3) is 6.44. The van der Waals surface area contributed by atoms with Gasteiger partial charge in [-0.05, 0) is 30.5 Å². The van der Waals surface area contributed by atoms with Crippen molar-refractivity contribution < 1.29 is 46.8 Å². The molecule has 2 aliphatic rings. The van der Waals surface area contributed by atoms with Crippen molar-refractivity contribution in [3.8, 4) is 0 Å². The Morgan fingerprint density at radius 3 is 2.66 bits per heavy atom. The molecule has 3 heterocycles. The second kappa shape index (κ2) is 10.5. The van der Waals surface area contributed by atoms with Crippen molar-refractivity contribution in [1.29, 1.82) is 0 Å². The molecule has 1 aliphatic carbocycles. The number of halogens is 4. The summed E-state index contributed by atoms with van der Waals surface area (Å²) in [6.07, 6.45) is -5.15. The zero-order chi connectivity index (χ0) is 25.4. The molecular formula is C19H25ClF3N4O7P. The van der Waals surface area contributed by atoms with Gasteiger partial charge in [-0.15, -0.1) is 0 Å². The number of hydrogen-bond acceptors (Lipinski definition) is 9. The highest BCUT2D eigenvalue weighted by Gasteiger charge is 2.44. The molecule has 4 N–H and O–H groups in total. The number of anilines is 1. The number of aliphatic hydroxyl groups is 2.